The van der Waals surface area contributed by atoms with Gasteiger partial charge in [0.05, 0.1) is 11.8 Å². The van der Waals surface area contributed by atoms with Gasteiger partial charge in [-0.2, -0.15) is 0 Å². The highest BCUT2D eigenvalue weighted by Crippen LogP contribution is 2.34. The number of amides is 2. The van der Waals surface area contributed by atoms with Gasteiger partial charge in [-0.25, -0.2) is 0 Å². The van der Waals surface area contributed by atoms with Crippen molar-refractivity contribution in [1.82, 2.24) is 15.6 Å². The van der Waals surface area contributed by atoms with Gasteiger partial charge in [0.15, 0.2) is 0 Å². The summed E-state index contributed by atoms with van der Waals surface area (Å²) in [6.45, 7) is 11.6. The van der Waals surface area contributed by atoms with Crippen LogP contribution in [0.1, 0.15) is 82.8 Å². The van der Waals surface area contributed by atoms with Gasteiger partial charge in [-0.3, -0.25) is 24.2 Å². The molecule has 0 aromatic carbocycles. The molecule has 1 aromatic rings. The molecule has 3 aliphatic heterocycles. The summed E-state index contributed by atoms with van der Waals surface area (Å²) in [5.74, 6) is -1.83. The number of nitrogens with one attached hydrogen (secondary N) is 3. The van der Waals surface area contributed by atoms with Gasteiger partial charge in [0.2, 0.25) is 5.91 Å². The monoisotopic (exact) mass is 607 g/mol. The summed E-state index contributed by atoms with van der Waals surface area (Å²) in [5, 5.41) is 25.0. The number of rotatable bonds is 13. The zero-order valence-corrected chi connectivity index (χ0v) is 26.5. The zero-order valence-electron chi connectivity index (χ0n) is 26.5. The molecule has 1 fully saturated rings. The van der Waals surface area contributed by atoms with Crippen molar-refractivity contribution in [3.05, 3.63) is 56.6 Å². The van der Waals surface area contributed by atoms with Gasteiger partial charge < -0.3 is 31.6 Å². The number of carbonyl (C=O) groups is 4. The Morgan fingerprint density at radius 3 is 2.27 bits per heavy atom. The number of hydrogen-bond donors (Lipinski definition) is 6. The van der Waals surface area contributed by atoms with Gasteiger partial charge in [-0.05, 0) is 80.4 Å². The highest BCUT2D eigenvalue weighted by Gasteiger charge is 2.39. The van der Waals surface area contributed by atoms with Crippen LogP contribution in [0.15, 0.2) is 39.1 Å². The number of hydrogen-bond acceptors (Lipinski definition) is 6. The molecule has 4 heterocycles. The zero-order chi connectivity index (χ0) is 32.5. The molecule has 11 nitrogen and oxygen atoms in total. The van der Waals surface area contributed by atoms with Crippen LogP contribution in [0, 0.1) is 18.8 Å². The van der Waals surface area contributed by atoms with Gasteiger partial charge in [-0.15, -0.1) is 0 Å². The summed E-state index contributed by atoms with van der Waals surface area (Å²) in [6.07, 6.45) is 4.32. The minimum absolute atomic E-state index is 0.0185. The van der Waals surface area contributed by atoms with Crippen LogP contribution in [0.5, 0.6) is 0 Å². The number of aliphatic carboxylic acids is 2. The first-order valence-corrected chi connectivity index (χ1v) is 15.4. The normalized spacial score (nSPS) is 25.2. The first kappa shape index (κ1) is 32.9. The fourth-order valence-electron chi connectivity index (χ4n) is 7.02. The van der Waals surface area contributed by atoms with E-state index in [2.05, 4.69) is 22.5 Å². The van der Waals surface area contributed by atoms with E-state index in [0.717, 1.165) is 45.7 Å². The third kappa shape index (κ3) is 6.72. The third-order valence-corrected chi connectivity index (χ3v) is 9.56. The predicted molar refractivity (Wildman–Crippen MR) is 167 cm³/mol. The molecule has 0 saturated carbocycles. The number of aliphatic imine (C=N–C) groups is 1. The molecule has 44 heavy (non-hydrogen) atoms. The number of H-pyrrole nitrogens is 1. The van der Waals surface area contributed by atoms with Crippen molar-refractivity contribution in [3.8, 4) is 0 Å². The third-order valence-electron chi connectivity index (χ3n) is 9.56. The molecule has 11 heteroatoms. The summed E-state index contributed by atoms with van der Waals surface area (Å²) < 4.78 is 0. The Morgan fingerprint density at radius 2 is 1.68 bits per heavy atom. The minimum atomic E-state index is -0.905. The molecule has 4 rings (SSSR count). The van der Waals surface area contributed by atoms with Crippen molar-refractivity contribution >= 4 is 29.5 Å². The van der Waals surface area contributed by atoms with E-state index in [-0.39, 0.29) is 48.6 Å². The maximum atomic E-state index is 12.5. The molecular weight excluding hydrogens is 562 g/mol. The first-order chi connectivity index (χ1) is 20.7. The number of nitrogens with two attached hydrogens (primary N) is 1. The lowest BCUT2D eigenvalue weighted by Gasteiger charge is -2.19. The van der Waals surface area contributed by atoms with E-state index in [1.807, 2.05) is 33.8 Å². The minimum Gasteiger partial charge on any atom is -0.481 e. The molecule has 1 saturated heterocycles. The fourth-order valence-corrected chi connectivity index (χ4v) is 7.02. The van der Waals surface area contributed by atoms with E-state index in [1.54, 1.807) is 6.92 Å². The van der Waals surface area contributed by atoms with Crippen LogP contribution < -0.4 is 16.4 Å². The van der Waals surface area contributed by atoms with Gasteiger partial charge in [0.25, 0.3) is 5.91 Å². The molecule has 0 aliphatic carbocycles. The smallest absolute Gasteiger partial charge is 0.303 e. The Labute approximate surface area is 258 Å². The van der Waals surface area contributed by atoms with E-state index in [9.17, 15) is 29.4 Å². The molecule has 3 aliphatic rings. The largest absolute Gasteiger partial charge is 0.481 e. The van der Waals surface area contributed by atoms with Crippen LogP contribution in [0.25, 0.3) is 0 Å². The predicted octanol–water partition coefficient (Wildman–Crippen LogP) is 3.27. The van der Waals surface area contributed by atoms with Gasteiger partial charge in [0, 0.05) is 66.3 Å². The summed E-state index contributed by atoms with van der Waals surface area (Å²) >= 11 is 0. The second-order valence-corrected chi connectivity index (χ2v) is 12.4. The van der Waals surface area contributed by atoms with E-state index >= 15 is 0 Å². The fraction of sp³-hybridized carbons (Fsp3) is 0.545. The lowest BCUT2D eigenvalue weighted by atomic mass is 9.86. The van der Waals surface area contributed by atoms with Crippen molar-refractivity contribution in [2.24, 2.45) is 22.6 Å². The number of nitrogens with zero attached hydrogens (tertiary/aromatic N) is 1. The standard InChI is InChI=1S/C33H45N5O6/c1-7-20-17(4)32(43)38-26(20)13-24-16(3)22(9-11-30(41)42)28(36-24)14-27-21(8-10-29(39)40)15(2)23(35-27)12-25-18(5)31(19(6)34)33(44)37-25/h12,17,19-20,26-27,36H,7-11,13-14,34H2,1-6H3,(H,37,44)(H,38,43)(H,39,40)(H,41,42)/b25-12-/t17-,19?,20-,26?,27?/m1/s1. The number of carbonyl (C=O) groups excluding carboxylic acids is 2. The van der Waals surface area contributed by atoms with E-state index in [0.29, 0.717) is 42.7 Å². The Balaban J connectivity index is 1.70. The highest BCUT2D eigenvalue weighted by molar-refractivity contribution is 6.12. The van der Waals surface area contributed by atoms with Crippen LogP contribution in [0.4, 0.5) is 0 Å². The van der Waals surface area contributed by atoms with Crippen LogP contribution in [-0.2, 0) is 38.4 Å². The molecule has 0 spiro atoms. The summed E-state index contributed by atoms with van der Waals surface area (Å²) in [7, 11) is 0. The quantitative estimate of drug-likeness (QED) is 0.198. The van der Waals surface area contributed by atoms with Gasteiger partial charge >= 0.3 is 11.9 Å². The molecule has 0 radical (unpaired) electrons. The van der Waals surface area contributed by atoms with Gasteiger partial charge in [0.1, 0.15) is 0 Å². The second kappa shape index (κ2) is 13.3. The molecule has 3 unspecified atom stereocenters. The Morgan fingerprint density at radius 1 is 1.02 bits per heavy atom. The molecule has 1 aromatic heterocycles. The van der Waals surface area contributed by atoms with Crippen molar-refractivity contribution < 1.29 is 29.4 Å². The summed E-state index contributed by atoms with van der Waals surface area (Å²) in [4.78, 5) is 56.7. The van der Waals surface area contributed by atoms with Crippen molar-refractivity contribution in [2.75, 3.05) is 0 Å². The topological polar surface area (TPSA) is 187 Å². The number of allylic oxidation sites excluding steroid dienone is 3. The average molecular weight is 608 g/mol. The summed E-state index contributed by atoms with van der Waals surface area (Å²) in [5.41, 5.74) is 14.1. The van der Waals surface area contributed by atoms with Crippen molar-refractivity contribution in [1.29, 1.82) is 0 Å². The summed E-state index contributed by atoms with van der Waals surface area (Å²) in [6, 6.07) is -0.806. The van der Waals surface area contributed by atoms with Crippen LogP contribution in [0.3, 0.4) is 0 Å². The molecule has 2 amide bonds. The SMILES string of the molecule is CC[C@H]1C(Cc2[nH]c(CC3N=C(/C=C4\NC(=O)C(C(C)N)=C4C)C(C)=C3CCC(=O)O)c(CCC(=O)O)c2C)NC(=O)[C@@H]1C. The number of aromatic nitrogens is 1. The Kier molecular flexibility index (Phi) is 9.98. The molecule has 7 N–H and O–H groups in total. The Bertz CT molecular complexity index is 1490. The Hall–Kier alpha value is -3.99. The number of carboxylic acids is 2. The number of carboxylic acid groups (broad SMARTS) is 2. The molecule has 0 bridgehead atoms. The lowest BCUT2D eigenvalue weighted by Crippen LogP contribution is -2.31. The van der Waals surface area contributed by atoms with Crippen LogP contribution >= 0.6 is 0 Å². The highest BCUT2D eigenvalue weighted by atomic mass is 16.4. The van der Waals surface area contributed by atoms with E-state index in [4.69, 9.17) is 10.7 Å². The van der Waals surface area contributed by atoms with Crippen molar-refractivity contribution in [3.63, 3.8) is 0 Å². The first-order valence-electron chi connectivity index (χ1n) is 15.4. The van der Waals surface area contributed by atoms with Crippen LogP contribution in [0.2, 0.25) is 0 Å². The van der Waals surface area contributed by atoms with E-state index in [1.165, 1.54) is 0 Å². The average Bonchev–Trinajstić information content (AvgIpc) is 3.59. The second-order valence-electron chi connectivity index (χ2n) is 12.4. The maximum absolute atomic E-state index is 12.5. The van der Waals surface area contributed by atoms with Crippen molar-refractivity contribution in [2.45, 2.75) is 105 Å². The molecule has 5 atom stereocenters. The molecular formula is C33H45N5O6. The number of aromatic amines is 1. The van der Waals surface area contributed by atoms with Crippen LogP contribution in [-0.4, -0.2) is 62.8 Å². The lowest BCUT2D eigenvalue weighted by molar-refractivity contribution is -0.138. The maximum Gasteiger partial charge on any atom is 0.303 e. The molecule has 238 valence electrons. The van der Waals surface area contributed by atoms with Gasteiger partial charge in [-0.1, -0.05) is 20.3 Å². The van der Waals surface area contributed by atoms with E-state index < -0.39 is 18.0 Å².